The zero-order chi connectivity index (χ0) is 16.9. The normalized spacial score (nSPS) is 25.0. The van der Waals surface area contributed by atoms with Gasteiger partial charge in [-0.15, -0.1) is 0 Å². The number of hydrogen-bond acceptors (Lipinski definition) is 3. The number of carbonyl (C=O) groups is 1. The van der Waals surface area contributed by atoms with Gasteiger partial charge in [-0.1, -0.05) is 43.4 Å². The van der Waals surface area contributed by atoms with E-state index in [-0.39, 0.29) is 5.91 Å². The summed E-state index contributed by atoms with van der Waals surface area (Å²) < 4.78 is 25.6. The number of anilines is 1. The van der Waals surface area contributed by atoms with E-state index in [2.05, 4.69) is 10.0 Å². The zero-order valence-electron chi connectivity index (χ0n) is 13.3. The van der Waals surface area contributed by atoms with Crippen LogP contribution in [0, 0.1) is 0 Å². The fourth-order valence-electron chi connectivity index (χ4n) is 4.53. The van der Waals surface area contributed by atoms with Gasteiger partial charge in [0.15, 0.2) is 0 Å². The number of amides is 1. The molecule has 1 spiro atoms. The Morgan fingerprint density at radius 1 is 1.12 bits per heavy atom. The van der Waals surface area contributed by atoms with E-state index in [1.165, 1.54) is 0 Å². The molecule has 5 nitrogen and oxygen atoms in total. The van der Waals surface area contributed by atoms with Gasteiger partial charge in [0.05, 0.1) is 21.7 Å². The first-order chi connectivity index (χ1) is 11.5. The number of benzene rings is 1. The summed E-state index contributed by atoms with van der Waals surface area (Å²) in [4.78, 5) is 12.4. The standard InChI is InChI=1S/C17H21ClN2O3S/c18-13-10-11(17(20-24(22)23)7-2-1-3-8-17)9-12-14(13)19-15(21)16(12)5-4-6-16/h9-10,20H,1-8H2,(H,19,21)(H,22,23)/p-1. The molecule has 3 aliphatic rings. The van der Waals surface area contributed by atoms with Gasteiger partial charge in [-0.3, -0.25) is 9.00 Å². The maximum Gasteiger partial charge on any atom is 0.235 e. The van der Waals surface area contributed by atoms with Crippen LogP contribution in [0.1, 0.15) is 62.5 Å². The topological polar surface area (TPSA) is 81.3 Å². The van der Waals surface area contributed by atoms with Gasteiger partial charge in [0.2, 0.25) is 5.91 Å². The summed E-state index contributed by atoms with van der Waals surface area (Å²) in [5, 5.41) is 3.43. The summed E-state index contributed by atoms with van der Waals surface area (Å²) in [6.07, 6.45) is 7.26. The Morgan fingerprint density at radius 3 is 2.42 bits per heavy atom. The summed E-state index contributed by atoms with van der Waals surface area (Å²) in [6, 6.07) is 3.84. The van der Waals surface area contributed by atoms with Gasteiger partial charge < -0.3 is 9.87 Å². The Balaban J connectivity index is 1.83. The third-order valence-electron chi connectivity index (χ3n) is 6.02. The number of nitrogens with one attached hydrogen (secondary N) is 2. The Bertz CT molecular complexity index is 727. The third-order valence-corrected chi connectivity index (χ3v) is 6.88. The number of hydrogen-bond donors (Lipinski definition) is 2. The summed E-state index contributed by atoms with van der Waals surface area (Å²) in [5.41, 5.74) is 1.48. The van der Waals surface area contributed by atoms with E-state index in [1.807, 2.05) is 12.1 Å². The first-order valence-electron chi connectivity index (χ1n) is 8.50. The van der Waals surface area contributed by atoms with E-state index in [0.717, 1.165) is 62.5 Å². The molecule has 24 heavy (non-hydrogen) atoms. The van der Waals surface area contributed by atoms with Crippen LogP contribution in [0.4, 0.5) is 5.69 Å². The average molecular weight is 368 g/mol. The highest BCUT2D eigenvalue weighted by atomic mass is 35.5. The lowest BCUT2D eigenvalue weighted by atomic mass is 9.64. The predicted molar refractivity (Wildman–Crippen MR) is 92.4 cm³/mol. The minimum Gasteiger partial charge on any atom is -0.760 e. The first kappa shape index (κ1) is 16.5. The number of halogens is 1. The molecular weight excluding hydrogens is 348 g/mol. The summed E-state index contributed by atoms with van der Waals surface area (Å²) in [6.45, 7) is 0. The van der Waals surface area contributed by atoms with Crippen LogP contribution >= 0.6 is 11.6 Å². The van der Waals surface area contributed by atoms with Crippen LogP contribution in [0.3, 0.4) is 0 Å². The van der Waals surface area contributed by atoms with E-state index >= 15 is 0 Å². The molecule has 0 bridgehead atoms. The van der Waals surface area contributed by atoms with E-state index < -0.39 is 22.2 Å². The van der Waals surface area contributed by atoms with Crippen molar-refractivity contribution in [1.82, 2.24) is 4.72 Å². The largest absolute Gasteiger partial charge is 0.760 e. The van der Waals surface area contributed by atoms with Crippen LogP contribution in [0.15, 0.2) is 12.1 Å². The van der Waals surface area contributed by atoms with E-state index in [4.69, 9.17) is 11.6 Å². The lowest BCUT2D eigenvalue weighted by Crippen LogP contribution is -2.45. The van der Waals surface area contributed by atoms with Crippen molar-refractivity contribution in [3.63, 3.8) is 0 Å². The predicted octanol–water partition coefficient (Wildman–Crippen LogP) is 3.26. The van der Waals surface area contributed by atoms with Gasteiger partial charge in [0.25, 0.3) is 0 Å². The number of rotatable bonds is 3. The molecule has 1 aromatic carbocycles. The highest BCUT2D eigenvalue weighted by Gasteiger charge is 2.52. The fourth-order valence-corrected chi connectivity index (χ4v) is 5.44. The zero-order valence-corrected chi connectivity index (χ0v) is 14.9. The van der Waals surface area contributed by atoms with Crippen LogP contribution < -0.4 is 10.0 Å². The summed E-state index contributed by atoms with van der Waals surface area (Å²) in [7, 11) is 0. The van der Waals surface area contributed by atoms with Crippen LogP contribution in [0.25, 0.3) is 0 Å². The van der Waals surface area contributed by atoms with E-state index in [9.17, 15) is 13.6 Å². The minimum atomic E-state index is -2.35. The van der Waals surface area contributed by atoms with Crippen molar-refractivity contribution >= 4 is 34.5 Å². The van der Waals surface area contributed by atoms with Gasteiger partial charge in [0, 0.05) is 11.3 Å². The highest BCUT2D eigenvalue weighted by Crippen LogP contribution is 2.54. The lowest BCUT2D eigenvalue weighted by molar-refractivity contribution is -0.123. The SMILES string of the molecule is O=C1Nc2c(Cl)cc(C3(NS(=O)[O-])CCCCC3)cc2C12CCC2. The summed E-state index contributed by atoms with van der Waals surface area (Å²) in [5.74, 6) is 0.0286. The molecular formula is C17H20ClN2O3S-. The van der Waals surface area contributed by atoms with E-state index in [1.54, 1.807) is 0 Å². The van der Waals surface area contributed by atoms with Crippen molar-refractivity contribution in [3.05, 3.63) is 28.3 Å². The van der Waals surface area contributed by atoms with Crippen molar-refractivity contribution in [2.45, 2.75) is 62.3 Å². The minimum absolute atomic E-state index is 0.0286. The van der Waals surface area contributed by atoms with Crippen LogP contribution in [-0.2, 0) is 27.0 Å². The molecule has 1 aliphatic heterocycles. The lowest BCUT2D eigenvalue weighted by Gasteiger charge is -2.41. The van der Waals surface area contributed by atoms with Gasteiger partial charge in [0.1, 0.15) is 0 Å². The molecule has 1 aromatic rings. The Labute approximate surface area is 149 Å². The van der Waals surface area contributed by atoms with Crippen LogP contribution in [0.2, 0.25) is 5.02 Å². The first-order valence-corrected chi connectivity index (χ1v) is 9.95. The molecule has 2 N–H and O–H groups in total. The second-order valence-electron chi connectivity index (χ2n) is 7.25. The van der Waals surface area contributed by atoms with Crippen molar-refractivity contribution in [3.8, 4) is 0 Å². The second-order valence-corrected chi connectivity index (χ2v) is 8.33. The molecule has 1 amide bonds. The second kappa shape index (κ2) is 5.80. The van der Waals surface area contributed by atoms with Crippen molar-refractivity contribution in [2.24, 2.45) is 0 Å². The molecule has 7 heteroatoms. The van der Waals surface area contributed by atoms with Gasteiger partial charge in [-0.2, -0.15) is 0 Å². The van der Waals surface area contributed by atoms with Gasteiger partial charge in [-0.05, 0) is 42.9 Å². The van der Waals surface area contributed by atoms with E-state index in [0.29, 0.717) is 10.7 Å². The molecule has 0 saturated heterocycles. The quantitative estimate of drug-likeness (QED) is 0.804. The molecule has 2 aliphatic carbocycles. The maximum atomic E-state index is 12.4. The third kappa shape index (κ3) is 2.35. The smallest absolute Gasteiger partial charge is 0.235 e. The highest BCUT2D eigenvalue weighted by molar-refractivity contribution is 7.77. The molecule has 1 heterocycles. The molecule has 2 saturated carbocycles. The Hall–Kier alpha value is -0.950. The fraction of sp³-hybridized carbons (Fsp3) is 0.588. The molecule has 1 unspecified atom stereocenters. The Kier molecular flexibility index (Phi) is 3.99. The maximum absolute atomic E-state index is 12.4. The molecule has 130 valence electrons. The average Bonchev–Trinajstić information content (AvgIpc) is 2.80. The Morgan fingerprint density at radius 2 is 1.83 bits per heavy atom. The van der Waals surface area contributed by atoms with Crippen LogP contribution in [-0.4, -0.2) is 14.7 Å². The van der Waals surface area contributed by atoms with Crippen molar-refractivity contribution in [1.29, 1.82) is 0 Å². The molecule has 1 atom stereocenters. The van der Waals surface area contributed by atoms with Crippen molar-refractivity contribution in [2.75, 3.05) is 5.32 Å². The molecule has 2 fully saturated rings. The van der Waals surface area contributed by atoms with Gasteiger partial charge >= 0.3 is 0 Å². The number of fused-ring (bicyclic) bond motifs is 2. The molecule has 4 rings (SSSR count). The monoisotopic (exact) mass is 367 g/mol. The molecule has 0 aromatic heterocycles. The molecule has 0 radical (unpaired) electrons. The summed E-state index contributed by atoms with van der Waals surface area (Å²) >= 11 is 4.12. The van der Waals surface area contributed by atoms with Crippen LogP contribution in [0.5, 0.6) is 0 Å². The van der Waals surface area contributed by atoms with Gasteiger partial charge in [-0.25, -0.2) is 4.72 Å². The van der Waals surface area contributed by atoms with Crippen molar-refractivity contribution < 1.29 is 13.6 Å². The number of carbonyl (C=O) groups excluding carboxylic acids is 1.